The lowest BCUT2D eigenvalue weighted by molar-refractivity contribution is -0.179. The molecule has 8 N–H and O–H groups in total. The van der Waals surface area contributed by atoms with Gasteiger partial charge in [0.15, 0.2) is 5.75 Å². The van der Waals surface area contributed by atoms with Crippen molar-refractivity contribution in [3.05, 3.63) is 17.7 Å². The summed E-state index contributed by atoms with van der Waals surface area (Å²) in [6.45, 7) is 9.01. The highest BCUT2D eigenvalue weighted by atomic mass is 16.6. The first-order valence-electron chi connectivity index (χ1n) is 21.8. The number of aliphatic hydroxyl groups is 2. The summed E-state index contributed by atoms with van der Waals surface area (Å²) in [6, 6.07) is 2.77. The summed E-state index contributed by atoms with van der Waals surface area (Å²) in [5.41, 5.74) is 4.29. The second-order valence-electron chi connectivity index (χ2n) is 18.3. The predicted octanol–water partition coefficient (Wildman–Crippen LogP) is 5.03. The van der Waals surface area contributed by atoms with Crippen LogP contribution in [0.15, 0.2) is 12.1 Å². The molecular formula is C44H70N4O11. The van der Waals surface area contributed by atoms with Crippen molar-refractivity contribution in [3.8, 4) is 11.5 Å². The molecule has 10 atom stereocenters. The minimum atomic E-state index is -0.912. The van der Waals surface area contributed by atoms with Gasteiger partial charge in [0, 0.05) is 12.5 Å². The van der Waals surface area contributed by atoms with E-state index in [2.05, 4.69) is 43.6 Å². The molecule has 332 valence electrons. The Bertz CT molecular complexity index is 1620. The number of carbonyl (C=O) groups is 4. The highest BCUT2D eigenvalue weighted by molar-refractivity contribution is 6.02. The van der Waals surface area contributed by atoms with Gasteiger partial charge in [0.05, 0.1) is 50.9 Å². The summed E-state index contributed by atoms with van der Waals surface area (Å²) >= 11 is 0. The average Bonchev–Trinajstić information content (AvgIpc) is 3.56. The first kappa shape index (κ1) is 46.4. The van der Waals surface area contributed by atoms with Gasteiger partial charge in [0.25, 0.3) is 5.91 Å². The van der Waals surface area contributed by atoms with E-state index in [1.54, 1.807) is 0 Å². The maximum atomic E-state index is 13.3. The molecule has 15 heteroatoms. The number of primary amides is 1. The lowest BCUT2D eigenvalue weighted by Gasteiger charge is -2.62. The molecule has 1 aromatic carbocycles. The van der Waals surface area contributed by atoms with Crippen molar-refractivity contribution in [3.63, 3.8) is 0 Å². The Balaban J connectivity index is 1.04. The molecule has 0 spiro atoms. The van der Waals surface area contributed by atoms with E-state index in [0.29, 0.717) is 24.2 Å². The molecule has 5 rings (SSSR count). The molecule has 0 aliphatic heterocycles. The number of aliphatic hydroxyl groups excluding tert-OH is 1. The third-order valence-electron chi connectivity index (χ3n) is 14.6. The Morgan fingerprint density at radius 2 is 1.63 bits per heavy atom. The number of amides is 4. The Hall–Kier alpha value is -3.66. The van der Waals surface area contributed by atoms with E-state index in [1.807, 2.05) is 0 Å². The summed E-state index contributed by atoms with van der Waals surface area (Å²) in [7, 11) is 1.32. The number of fused-ring (bicyclic) bond motifs is 5. The molecule has 0 heterocycles. The Morgan fingerprint density at radius 3 is 2.36 bits per heavy atom. The fourth-order valence-corrected chi connectivity index (χ4v) is 11.8. The van der Waals surface area contributed by atoms with E-state index in [9.17, 15) is 34.5 Å². The van der Waals surface area contributed by atoms with Crippen molar-refractivity contribution in [1.29, 1.82) is 0 Å². The summed E-state index contributed by atoms with van der Waals surface area (Å²) < 4.78 is 22.0. The molecular weight excluding hydrogens is 761 g/mol. The standard InChI is InChI=1S/C44H70N4O11/c1-6-7-8-9-16-44(4,55)35-13-10-29-28-24-34(31-23-27(49)14-17-42(31,2)30(28)15-18-43(29,35)3)59-41(54)47-25-36(50)46-19-20-57-21-22-58-26-37(51)48-32-11-12-33(56-5)38(39(32)52)40(45)53/h11-12,27-31,34-35,49,52,55H,6-10,13-26H2,1-5H3,(H2,45,53)(H,46,50)(H,47,54)(H,48,51)/t27-,28-,29-,30-,31+,34-,35?,42+,43-,44-/m0/s1. The highest BCUT2D eigenvalue weighted by Crippen LogP contribution is 2.69. The van der Waals surface area contributed by atoms with Crippen LogP contribution in [0.1, 0.15) is 122 Å². The largest absolute Gasteiger partial charge is 0.505 e. The average molecular weight is 831 g/mol. The zero-order chi connectivity index (χ0) is 43.0. The van der Waals surface area contributed by atoms with E-state index in [-0.39, 0.29) is 85.3 Å². The van der Waals surface area contributed by atoms with Crippen LogP contribution >= 0.6 is 0 Å². The van der Waals surface area contributed by atoms with Crippen molar-refractivity contribution in [2.75, 3.05) is 51.9 Å². The van der Waals surface area contributed by atoms with Crippen LogP contribution < -0.4 is 26.4 Å². The number of phenols is 1. The maximum absolute atomic E-state index is 13.3. The number of hydrogen-bond acceptors (Lipinski definition) is 11. The number of ether oxygens (including phenoxy) is 4. The van der Waals surface area contributed by atoms with Gasteiger partial charge in [-0.2, -0.15) is 0 Å². The Labute approximate surface area is 349 Å². The number of unbranched alkanes of at least 4 members (excludes halogenated alkanes) is 3. The van der Waals surface area contributed by atoms with Crippen molar-refractivity contribution >= 4 is 29.5 Å². The molecule has 0 aromatic heterocycles. The van der Waals surface area contributed by atoms with E-state index in [0.717, 1.165) is 64.2 Å². The molecule has 4 fully saturated rings. The zero-order valence-electron chi connectivity index (χ0n) is 35.8. The predicted molar refractivity (Wildman–Crippen MR) is 221 cm³/mol. The molecule has 1 unspecified atom stereocenters. The van der Waals surface area contributed by atoms with E-state index >= 15 is 0 Å². The molecule has 59 heavy (non-hydrogen) atoms. The van der Waals surface area contributed by atoms with Crippen LogP contribution in [0.3, 0.4) is 0 Å². The first-order valence-corrected chi connectivity index (χ1v) is 21.8. The van der Waals surface area contributed by atoms with E-state index in [1.165, 1.54) is 32.1 Å². The van der Waals surface area contributed by atoms with Gasteiger partial charge in [-0.05, 0) is 111 Å². The lowest BCUT2D eigenvalue weighted by Crippen LogP contribution is -2.60. The SMILES string of the molecule is CCCCCC[C@](C)(O)C1CC[C@H]2[C@@H]3C[C@H](OC(=O)NCC(=O)NCCOCCOCC(=O)Nc4ccc(OC)c(C(N)=O)c4O)[C@H]4C[C@@H](O)CC[C@]4(C)[C@H]3CC[C@]12C. The number of alkyl carbamates (subject to hydrolysis) is 1. The molecule has 4 amide bonds. The molecule has 0 radical (unpaired) electrons. The van der Waals surface area contributed by atoms with Crippen LogP contribution in [0.4, 0.5) is 10.5 Å². The summed E-state index contributed by atoms with van der Waals surface area (Å²) in [4.78, 5) is 49.8. The van der Waals surface area contributed by atoms with E-state index in [4.69, 9.17) is 24.7 Å². The highest BCUT2D eigenvalue weighted by Gasteiger charge is 2.64. The molecule has 4 saturated carbocycles. The molecule has 4 aliphatic carbocycles. The molecule has 1 aromatic rings. The number of carbonyl (C=O) groups excluding carboxylic acids is 4. The smallest absolute Gasteiger partial charge is 0.407 e. The van der Waals surface area contributed by atoms with Gasteiger partial charge in [-0.1, -0.05) is 46.5 Å². The van der Waals surface area contributed by atoms with E-state index < -0.39 is 41.3 Å². The number of benzene rings is 1. The lowest BCUT2D eigenvalue weighted by atomic mass is 9.43. The van der Waals surface area contributed by atoms with Gasteiger partial charge in [-0.25, -0.2) is 4.79 Å². The number of aromatic hydroxyl groups is 1. The van der Waals surface area contributed by atoms with Gasteiger partial charge in [-0.3, -0.25) is 14.4 Å². The van der Waals surface area contributed by atoms with Crippen LogP contribution in [0, 0.1) is 40.4 Å². The van der Waals surface area contributed by atoms with Crippen molar-refractivity contribution in [1.82, 2.24) is 10.6 Å². The quantitative estimate of drug-likeness (QED) is 0.0681. The fraction of sp³-hybridized carbons (Fsp3) is 0.773. The fourth-order valence-electron chi connectivity index (χ4n) is 11.8. The Morgan fingerprint density at radius 1 is 0.898 bits per heavy atom. The first-order chi connectivity index (χ1) is 28.0. The maximum Gasteiger partial charge on any atom is 0.407 e. The number of anilines is 1. The van der Waals surface area contributed by atoms with Gasteiger partial charge < -0.3 is 56.0 Å². The topological polar surface area (TPSA) is 228 Å². The van der Waals surface area contributed by atoms with Gasteiger partial charge >= 0.3 is 6.09 Å². The van der Waals surface area contributed by atoms with Crippen LogP contribution in [0.25, 0.3) is 0 Å². The van der Waals surface area contributed by atoms with Crippen molar-refractivity contribution < 1.29 is 53.4 Å². The third-order valence-corrected chi connectivity index (χ3v) is 14.6. The van der Waals surface area contributed by atoms with Gasteiger partial charge in [-0.15, -0.1) is 0 Å². The van der Waals surface area contributed by atoms with Crippen molar-refractivity contribution in [2.24, 2.45) is 46.2 Å². The number of hydrogen-bond donors (Lipinski definition) is 7. The number of nitrogens with one attached hydrogen (secondary N) is 3. The molecule has 0 saturated heterocycles. The summed E-state index contributed by atoms with van der Waals surface area (Å²) in [5, 5.41) is 40.8. The minimum absolute atomic E-state index is 0.0218. The number of nitrogens with two attached hydrogens (primary N) is 1. The zero-order valence-corrected chi connectivity index (χ0v) is 35.8. The molecule has 15 nitrogen and oxygen atoms in total. The van der Waals surface area contributed by atoms with Crippen LogP contribution in [0.2, 0.25) is 0 Å². The second kappa shape index (κ2) is 20.3. The van der Waals surface area contributed by atoms with Crippen LogP contribution in [-0.4, -0.2) is 104 Å². The molecule has 4 aliphatic rings. The normalized spacial score (nSPS) is 30.8. The third kappa shape index (κ3) is 10.8. The van der Waals surface area contributed by atoms with Crippen LogP contribution in [0.5, 0.6) is 11.5 Å². The van der Waals surface area contributed by atoms with Crippen molar-refractivity contribution in [2.45, 2.75) is 129 Å². The Kier molecular flexibility index (Phi) is 15.9. The number of rotatable bonds is 20. The molecule has 0 bridgehead atoms. The monoisotopic (exact) mass is 831 g/mol. The van der Waals surface area contributed by atoms with Gasteiger partial charge in [0.1, 0.15) is 24.0 Å². The summed E-state index contributed by atoms with van der Waals surface area (Å²) in [6.07, 6.45) is 11.2. The van der Waals surface area contributed by atoms with Crippen LogP contribution in [-0.2, 0) is 23.8 Å². The number of methoxy groups -OCH3 is 1. The van der Waals surface area contributed by atoms with Gasteiger partial charge in [0.2, 0.25) is 11.8 Å². The second-order valence-corrected chi connectivity index (χ2v) is 18.3. The summed E-state index contributed by atoms with van der Waals surface area (Å²) in [5.74, 6) is -0.775. The minimum Gasteiger partial charge on any atom is -0.505 e.